The maximum Gasteiger partial charge on any atom is 0.249 e. The molecule has 3 aromatic rings. The van der Waals surface area contributed by atoms with E-state index >= 15 is 0 Å². The van der Waals surface area contributed by atoms with Crippen LogP contribution < -0.4 is 10.6 Å². The molecule has 0 unspecified atom stereocenters. The molecule has 24 heavy (non-hydrogen) atoms. The van der Waals surface area contributed by atoms with Gasteiger partial charge in [-0.1, -0.05) is 29.3 Å². The minimum atomic E-state index is -0.769. The van der Waals surface area contributed by atoms with Crippen molar-refractivity contribution in [2.45, 2.75) is 0 Å². The number of nitrogens with one attached hydrogen (secondary N) is 2. The first kappa shape index (κ1) is 16.4. The molecule has 3 rings (SSSR count). The van der Waals surface area contributed by atoms with E-state index < -0.39 is 11.6 Å². The molecule has 0 saturated carbocycles. The number of aromatic nitrogens is 3. The van der Waals surface area contributed by atoms with Gasteiger partial charge in [0.1, 0.15) is 17.3 Å². The Hall–Kier alpha value is -2.51. The van der Waals surface area contributed by atoms with Crippen molar-refractivity contribution in [1.82, 2.24) is 15.2 Å². The van der Waals surface area contributed by atoms with Crippen LogP contribution in [0.3, 0.4) is 0 Å². The topological polar surface area (TPSA) is 62.7 Å². The van der Waals surface area contributed by atoms with Crippen LogP contribution in [0, 0.1) is 11.6 Å². The van der Waals surface area contributed by atoms with Crippen molar-refractivity contribution in [3.05, 3.63) is 64.3 Å². The Bertz CT molecular complexity index is 871. The highest BCUT2D eigenvalue weighted by atomic mass is 35.5. The maximum absolute atomic E-state index is 13.7. The second-order valence-electron chi connectivity index (χ2n) is 4.64. The van der Waals surface area contributed by atoms with Crippen molar-refractivity contribution in [2.24, 2.45) is 0 Å². The predicted molar refractivity (Wildman–Crippen MR) is 89.2 cm³/mol. The van der Waals surface area contributed by atoms with Gasteiger partial charge in [0.05, 0.1) is 16.9 Å². The molecule has 2 N–H and O–H groups in total. The molecule has 0 saturated heterocycles. The van der Waals surface area contributed by atoms with Crippen LogP contribution in [0.1, 0.15) is 0 Å². The summed E-state index contributed by atoms with van der Waals surface area (Å²) in [5.41, 5.74) is 0.143. The van der Waals surface area contributed by atoms with Crippen molar-refractivity contribution < 1.29 is 8.78 Å². The van der Waals surface area contributed by atoms with Crippen molar-refractivity contribution in [3.63, 3.8) is 0 Å². The molecule has 0 fully saturated rings. The molecule has 0 amide bonds. The summed E-state index contributed by atoms with van der Waals surface area (Å²) in [7, 11) is 0. The Morgan fingerprint density at radius 2 is 1.71 bits per heavy atom. The Morgan fingerprint density at radius 3 is 2.46 bits per heavy atom. The second kappa shape index (κ2) is 6.94. The number of halogens is 4. The van der Waals surface area contributed by atoms with Crippen LogP contribution in [-0.2, 0) is 0 Å². The van der Waals surface area contributed by atoms with Gasteiger partial charge in [-0.2, -0.15) is 10.1 Å². The summed E-state index contributed by atoms with van der Waals surface area (Å²) < 4.78 is 27.3. The van der Waals surface area contributed by atoms with Gasteiger partial charge in [0.25, 0.3) is 0 Å². The fourth-order valence-corrected chi connectivity index (χ4v) is 2.21. The molecule has 0 aliphatic heterocycles. The summed E-state index contributed by atoms with van der Waals surface area (Å²) >= 11 is 12.0. The van der Waals surface area contributed by atoms with Crippen LogP contribution in [0.15, 0.2) is 42.6 Å². The van der Waals surface area contributed by atoms with Gasteiger partial charge in [0.15, 0.2) is 5.82 Å². The van der Waals surface area contributed by atoms with Crippen LogP contribution in [0.2, 0.25) is 10.0 Å². The second-order valence-corrected chi connectivity index (χ2v) is 5.48. The number of para-hydroxylation sites is 1. The van der Waals surface area contributed by atoms with Gasteiger partial charge >= 0.3 is 0 Å². The molecule has 122 valence electrons. The summed E-state index contributed by atoms with van der Waals surface area (Å²) in [5, 5.41) is 13.7. The predicted octanol–water partition coefficient (Wildman–Crippen LogP) is 4.94. The molecule has 0 atom stereocenters. The van der Waals surface area contributed by atoms with E-state index in [4.69, 9.17) is 23.2 Å². The maximum atomic E-state index is 13.7. The third kappa shape index (κ3) is 3.69. The Balaban J connectivity index is 1.86. The lowest BCUT2D eigenvalue weighted by Crippen LogP contribution is -2.05. The molecule has 9 heteroatoms. The Morgan fingerprint density at radius 1 is 0.958 bits per heavy atom. The lowest BCUT2D eigenvalue weighted by molar-refractivity contribution is 0.590. The Labute approximate surface area is 145 Å². The molecule has 1 heterocycles. The van der Waals surface area contributed by atoms with Gasteiger partial charge in [-0.3, -0.25) is 0 Å². The van der Waals surface area contributed by atoms with E-state index in [2.05, 4.69) is 25.8 Å². The highest BCUT2D eigenvalue weighted by Gasteiger charge is 2.11. The van der Waals surface area contributed by atoms with E-state index in [9.17, 15) is 8.78 Å². The fraction of sp³-hybridized carbons (Fsp3) is 0. The highest BCUT2D eigenvalue weighted by molar-refractivity contribution is 6.35. The average Bonchev–Trinajstić information content (AvgIpc) is 2.55. The molecule has 0 aliphatic rings. The van der Waals surface area contributed by atoms with Gasteiger partial charge in [-0.05, 0) is 30.3 Å². The number of benzene rings is 2. The van der Waals surface area contributed by atoms with Gasteiger partial charge in [0, 0.05) is 5.02 Å². The molecule has 0 spiro atoms. The lowest BCUT2D eigenvalue weighted by Gasteiger charge is -2.10. The zero-order valence-electron chi connectivity index (χ0n) is 11.9. The summed E-state index contributed by atoms with van der Waals surface area (Å²) in [6.45, 7) is 0. The summed E-state index contributed by atoms with van der Waals surface area (Å²) in [6.07, 6.45) is 1.33. The van der Waals surface area contributed by atoms with E-state index in [1.165, 1.54) is 12.3 Å². The van der Waals surface area contributed by atoms with E-state index in [1.807, 2.05) is 0 Å². The lowest BCUT2D eigenvalue weighted by atomic mass is 10.3. The molecule has 1 aromatic heterocycles. The van der Waals surface area contributed by atoms with E-state index in [-0.39, 0.29) is 17.5 Å². The molecular weight excluding hydrogens is 359 g/mol. The van der Waals surface area contributed by atoms with Crippen LogP contribution in [-0.4, -0.2) is 15.2 Å². The number of hydrogen-bond donors (Lipinski definition) is 2. The smallest absolute Gasteiger partial charge is 0.249 e. The van der Waals surface area contributed by atoms with E-state index in [0.717, 1.165) is 12.1 Å². The van der Waals surface area contributed by atoms with Crippen molar-refractivity contribution in [2.75, 3.05) is 10.6 Å². The van der Waals surface area contributed by atoms with E-state index in [0.29, 0.717) is 15.7 Å². The monoisotopic (exact) mass is 367 g/mol. The van der Waals surface area contributed by atoms with Crippen LogP contribution >= 0.6 is 23.2 Å². The van der Waals surface area contributed by atoms with Gasteiger partial charge < -0.3 is 10.6 Å². The van der Waals surface area contributed by atoms with Crippen molar-refractivity contribution in [1.29, 1.82) is 0 Å². The van der Waals surface area contributed by atoms with E-state index in [1.54, 1.807) is 18.2 Å². The normalized spacial score (nSPS) is 10.5. The molecule has 5 nitrogen and oxygen atoms in total. The first-order valence-corrected chi connectivity index (χ1v) is 7.41. The fourth-order valence-electron chi connectivity index (χ4n) is 1.88. The minimum Gasteiger partial charge on any atom is -0.338 e. The molecule has 0 radical (unpaired) electrons. The molecule has 0 aliphatic carbocycles. The quantitative estimate of drug-likeness (QED) is 0.683. The zero-order valence-corrected chi connectivity index (χ0v) is 13.4. The van der Waals surface area contributed by atoms with Crippen molar-refractivity contribution >= 4 is 46.3 Å². The highest BCUT2D eigenvalue weighted by Crippen LogP contribution is 2.28. The summed E-state index contributed by atoms with van der Waals surface area (Å²) in [6, 6.07) is 8.36. The van der Waals surface area contributed by atoms with Gasteiger partial charge in [-0.15, -0.1) is 5.10 Å². The third-order valence-electron chi connectivity index (χ3n) is 2.95. The van der Waals surface area contributed by atoms with Gasteiger partial charge in [0.2, 0.25) is 5.95 Å². The van der Waals surface area contributed by atoms with Gasteiger partial charge in [-0.25, -0.2) is 8.78 Å². The molecule has 0 bridgehead atoms. The zero-order chi connectivity index (χ0) is 17.1. The first-order chi connectivity index (χ1) is 11.5. The number of nitrogens with zero attached hydrogens (tertiary/aromatic N) is 3. The van der Waals surface area contributed by atoms with Crippen molar-refractivity contribution in [3.8, 4) is 0 Å². The number of rotatable bonds is 4. The number of hydrogen-bond acceptors (Lipinski definition) is 5. The summed E-state index contributed by atoms with van der Waals surface area (Å²) in [5.74, 6) is -1.35. The van der Waals surface area contributed by atoms with Crippen LogP contribution in [0.25, 0.3) is 0 Å². The molecule has 2 aromatic carbocycles. The third-order valence-corrected chi connectivity index (χ3v) is 3.51. The molecular formula is C15H9Cl2F2N5. The largest absolute Gasteiger partial charge is 0.338 e. The van der Waals surface area contributed by atoms with Crippen LogP contribution in [0.4, 0.5) is 31.9 Å². The SMILES string of the molecule is Fc1cccc(F)c1Nc1nncc(Nc2cc(Cl)ccc2Cl)n1. The standard InChI is InChI=1S/C15H9Cl2F2N5/c16-8-4-5-9(17)12(6-8)21-13-7-20-24-15(22-13)23-14-10(18)2-1-3-11(14)19/h1-7H,(H2,21,22,23,24). The first-order valence-electron chi connectivity index (χ1n) is 6.66. The van der Waals surface area contributed by atoms with Crippen LogP contribution in [0.5, 0.6) is 0 Å². The average molecular weight is 368 g/mol. The number of anilines is 4. The summed E-state index contributed by atoms with van der Waals surface area (Å²) in [4.78, 5) is 4.09. The minimum absolute atomic E-state index is 0.0813. The Kier molecular flexibility index (Phi) is 4.73.